The molecule has 0 radical (unpaired) electrons. The zero-order valence-electron chi connectivity index (χ0n) is 16.3. The van der Waals surface area contributed by atoms with E-state index in [0.29, 0.717) is 24.9 Å². The Hall–Kier alpha value is -1.67. The smallest absolute Gasteiger partial charge is 0.322 e. The highest BCUT2D eigenvalue weighted by Gasteiger charge is 2.36. The zero-order valence-corrected chi connectivity index (χ0v) is 17.1. The topological polar surface area (TPSA) is 103 Å². The standard InChI is InChI=1S/C18H29N5O3.ClH/c1-11(2)10-14-17-20-16(12-4-5-12)21-23(17)9-8-22(14)15(24)7-6-13(19)18(25)26-3;/h11-14H,4-10,19H2,1-3H3;1H/t13-,14-;/m0./s1. The van der Waals surface area contributed by atoms with Crippen LogP contribution in [0, 0.1) is 5.92 Å². The molecule has 152 valence electrons. The van der Waals surface area contributed by atoms with Crippen molar-refractivity contribution in [3.8, 4) is 0 Å². The van der Waals surface area contributed by atoms with Crippen LogP contribution in [0.2, 0.25) is 0 Å². The molecule has 1 fully saturated rings. The zero-order chi connectivity index (χ0) is 18.8. The van der Waals surface area contributed by atoms with Crippen molar-refractivity contribution < 1.29 is 14.3 Å². The van der Waals surface area contributed by atoms with E-state index in [1.54, 1.807) is 0 Å². The van der Waals surface area contributed by atoms with Crippen molar-refractivity contribution in [2.24, 2.45) is 11.7 Å². The van der Waals surface area contributed by atoms with Gasteiger partial charge in [-0.15, -0.1) is 12.4 Å². The van der Waals surface area contributed by atoms with E-state index in [1.165, 1.54) is 7.11 Å². The maximum absolute atomic E-state index is 12.8. The Balaban J connectivity index is 0.00000261. The molecule has 2 atom stereocenters. The van der Waals surface area contributed by atoms with Gasteiger partial charge in [0.2, 0.25) is 5.91 Å². The first-order valence-corrected chi connectivity index (χ1v) is 9.48. The Kier molecular flexibility index (Phi) is 7.22. The fraction of sp³-hybridized carbons (Fsp3) is 0.778. The van der Waals surface area contributed by atoms with Gasteiger partial charge in [0, 0.05) is 18.9 Å². The summed E-state index contributed by atoms with van der Waals surface area (Å²) in [5.41, 5.74) is 5.77. The van der Waals surface area contributed by atoms with Gasteiger partial charge in [0.05, 0.1) is 19.7 Å². The Morgan fingerprint density at radius 2 is 2.00 bits per heavy atom. The van der Waals surface area contributed by atoms with E-state index < -0.39 is 12.0 Å². The fourth-order valence-electron chi connectivity index (χ4n) is 3.47. The van der Waals surface area contributed by atoms with Crippen molar-refractivity contribution >= 4 is 24.3 Å². The number of amides is 1. The summed E-state index contributed by atoms with van der Waals surface area (Å²) in [5.74, 6) is 2.28. The number of halogens is 1. The number of nitrogens with zero attached hydrogens (tertiary/aromatic N) is 4. The van der Waals surface area contributed by atoms with Gasteiger partial charge in [-0.2, -0.15) is 5.10 Å². The summed E-state index contributed by atoms with van der Waals surface area (Å²) >= 11 is 0. The molecule has 1 amide bonds. The molecule has 3 rings (SSSR count). The van der Waals surface area contributed by atoms with Crippen LogP contribution in [0.25, 0.3) is 0 Å². The lowest BCUT2D eigenvalue weighted by atomic mass is 9.99. The van der Waals surface area contributed by atoms with Crippen LogP contribution in [-0.4, -0.2) is 51.2 Å². The van der Waals surface area contributed by atoms with E-state index in [2.05, 4.69) is 23.7 Å². The van der Waals surface area contributed by atoms with Crippen LogP contribution in [0.4, 0.5) is 0 Å². The predicted molar refractivity (Wildman–Crippen MR) is 102 cm³/mol. The van der Waals surface area contributed by atoms with Gasteiger partial charge >= 0.3 is 5.97 Å². The Morgan fingerprint density at radius 1 is 1.30 bits per heavy atom. The lowest BCUT2D eigenvalue weighted by Gasteiger charge is -2.36. The van der Waals surface area contributed by atoms with Crippen LogP contribution in [0.1, 0.15) is 69.6 Å². The number of rotatable bonds is 7. The predicted octanol–water partition coefficient (Wildman–Crippen LogP) is 1.79. The molecule has 0 saturated heterocycles. The normalized spacial score (nSPS) is 20.0. The summed E-state index contributed by atoms with van der Waals surface area (Å²) in [7, 11) is 1.30. The average Bonchev–Trinajstić information content (AvgIpc) is 3.37. The molecule has 2 aliphatic rings. The molecule has 27 heavy (non-hydrogen) atoms. The van der Waals surface area contributed by atoms with E-state index in [9.17, 15) is 9.59 Å². The lowest BCUT2D eigenvalue weighted by molar-refractivity contribution is -0.142. The number of nitrogens with two attached hydrogens (primary N) is 1. The molecule has 1 saturated carbocycles. The lowest BCUT2D eigenvalue weighted by Crippen LogP contribution is -2.44. The minimum atomic E-state index is -0.762. The summed E-state index contributed by atoms with van der Waals surface area (Å²) in [6.45, 7) is 5.57. The monoisotopic (exact) mass is 399 g/mol. The van der Waals surface area contributed by atoms with Crippen LogP contribution >= 0.6 is 12.4 Å². The highest BCUT2D eigenvalue weighted by molar-refractivity contribution is 5.85. The van der Waals surface area contributed by atoms with Crippen molar-refractivity contribution in [3.63, 3.8) is 0 Å². The molecule has 1 aromatic heterocycles. The first-order chi connectivity index (χ1) is 12.4. The maximum atomic E-state index is 12.8. The second kappa shape index (κ2) is 9.01. The Labute approximate surface area is 166 Å². The third-order valence-corrected chi connectivity index (χ3v) is 5.07. The molecule has 0 bridgehead atoms. The van der Waals surface area contributed by atoms with E-state index in [-0.39, 0.29) is 37.2 Å². The largest absolute Gasteiger partial charge is 0.468 e. The first-order valence-electron chi connectivity index (χ1n) is 9.48. The molecule has 1 aromatic rings. The molecule has 2 N–H and O–H groups in total. The van der Waals surface area contributed by atoms with Gasteiger partial charge in [-0.05, 0) is 31.6 Å². The molecule has 0 unspecified atom stereocenters. The van der Waals surface area contributed by atoms with E-state index in [1.807, 2.05) is 9.58 Å². The number of esters is 1. The van der Waals surface area contributed by atoms with Gasteiger partial charge in [0.25, 0.3) is 0 Å². The number of hydrogen-bond acceptors (Lipinski definition) is 6. The number of ether oxygens (including phenoxy) is 1. The average molecular weight is 400 g/mol. The second-order valence-corrected chi connectivity index (χ2v) is 7.73. The van der Waals surface area contributed by atoms with Gasteiger partial charge in [-0.1, -0.05) is 13.8 Å². The maximum Gasteiger partial charge on any atom is 0.322 e. The number of aromatic nitrogens is 3. The van der Waals surface area contributed by atoms with Gasteiger partial charge in [-0.25, -0.2) is 9.67 Å². The molecular weight excluding hydrogens is 370 g/mol. The minimum Gasteiger partial charge on any atom is -0.468 e. The summed E-state index contributed by atoms with van der Waals surface area (Å²) in [6.07, 6.45) is 3.68. The van der Waals surface area contributed by atoms with Gasteiger partial charge < -0.3 is 15.4 Å². The number of methoxy groups -OCH3 is 1. The van der Waals surface area contributed by atoms with Crippen molar-refractivity contribution in [2.75, 3.05) is 13.7 Å². The third-order valence-electron chi connectivity index (χ3n) is 5.07. The van der Waals surface area contributed by atoms with Crippen molar-refractivity contribution in [2.45, 2.75) is 70.5 Å². The van der Waals surface area contributed by atoms with Gasteiger partial charge in [0.1, 0.15) is 11.9 Å². The minimum absolute atomic E-state index is 0. The van der Waals surface area contributed by atoms with Crippen LogP contribution in [0.3, 0.4) is 0 Å². The summed E-state index contributed by atoms with van der Waals surface area (Å²) < 4.78 is 6.61. The fourth-order valence-corrected chi connectivity index (χ4v) is 3.47. The number of fused-ring (bicyclic) bond motifs is 1. The van der Waals surface area contributed by atoms with E-state index in [0.717, 1.165) is 30.9 Å². The van der Waals surface area contributed by atoms with Crippen LogP contribution in [0.15, 0.2) is 0 Å². The number of carbonyl (C=O) groups is 2. The molecule has 9 heteroatoms. The Bertz CT molecular complexity index is 674. The van der Waals surface area contributed by atoms with Crippen LogP contribution < -0.4 is 5.73 Å². The van der Waals surface area contributed by atoms with Crippen molar-refractivity contribution in [3.05, 3.63) is 11.6 Å². The Morgan fingerprint density at radius 3 is 2.59 bits per heavy atom. The summed E-state index contributed by atoms with van der Waals surface area (Å²) in [6, 6.07) is -0.826. The quantitative estimate of drug-likeness (QED) is 0.701. The van der Waals surface area contributed by atoms with E-state index in [4.69, 9.17) is 10.7 Å². The molecule has 8 nitrogen and oxygen atoms in total. The SMILES string of the molecule is COC(=O)[C@@H](N)CCC(=O)N1CCn2nc(C3CC3)nc2[C@@H]1CC(C)C.Cl. The molecule has 1 aliphatic carbocycles. The van der Waals surface area contributed by atoms with Gasteiger partial charge in [0.15, 0.2) is 5.82 Å². The highest BCUT2D eigenvalue weighted by atomic mass is 35.5. The first kappa shape index (κ1) is 21.6. The van der Waals surface area contributed by atoms with Crippen molar-refractivity contribution in [1.82, 2.24) is 19.7 Å². The summed E-state index contributed by atoms with van der Waals surface area (Å²) in [4.78, 5) is 31.0. The van der Waals surface area contributed by atoms with Crippen molar-refractivity contribution in [1.29, 1.82) is 0 Å². The van der Waals surface area contributed by atoms with Crippen LogP contribution in [0.5, 0.6) is 0 Å². The molecule has 0 aromatic carbocycles. The number of carbonyl (C=O) groups excluding carboxylic acids is 2. The molecule has 2 heterocycles. The van der Waals surface area contributed by atoms with E-state index >= 15 is 0 Å². The summed E-state index contributed by atoms with van der Waals surface area (Å²) in [5, 5.41) is 4.66. The van der Waals surface area contributed by atoms with Gasteiger partial charge in [-0.3, -0.25) is 9.59 Å². The molecular formula is C18H30ClN5O3. The molecule has 0 spiro atoms. The molecule has 1 aliphatic heterocycles. The van der Waals surface area contributed by atoms with Crippen LogP contribution in [-0.2, 0) is 20.9 Å². The number of hydrogen-bond donors (Lipinski definition) is 1. The third kappa shape index (κ3) is 4.99. The highest BCUT2D eigenvalue weighted by Crippen LogP contribution is 2.40. The second-order valence-electron chi connectivity index (χ2n) is 7.73.